The van der Waals surface area contributed by atoms with Crippen molar-refractivity contribution in [3.8, 4) is 0 Å². The number of piperidine rings is 1. The minimum absolute atomic E-state index is 0.0158. The monoisotopic (exact) mass is 506 g/mol. The molecule has 194 valence electrons. The van der Waals surface area contributed by atoms with E-state index in [1.807, 2.05) is 17.9 Å². The Balaban J connectivity index is 1.54. The predicted octanol–water partition coefficient (Wildman–Crippen LogP) is 1.76. The Morgan fingerprint density at radius 2 is 1.97 bits per heavy atom. The van der Waals surface area contributed by atoms with E-state index in [9.17, 15) is 28.2 Å². The van der Waals surface area contributed by atoms with Crippen molar-refractivity contribution in [2.24, 2.45) is 5.73 Å². The molecule has 12 heteroatoms. The van der Waals surface area contributed by atoms with Crippen LogP contribution < -0.4 is 10.6 Å². The molecule has 36 heavy (non-hydrogen) atoms. The van der Waals surface area contributed by atoms with E-state index >= 15 is 0 Å². The highest BCUT2D eigenvalue weighted by Crippen LogP contribution is 2.31. The Hall–Kier alpha value is -3.22. The van der Waals surface area contributed by atoms with Gasteiger partial charge in [-0.2, -0.15) is 13.2 Å². The molecule has 0 radical (unpaired) electrons. The number of aliphatic hydroxyl groups is 2. The first kappa shape index (κ1) is 25.9. The number of nitrogens with two attached hydrogens (primary N) is 1. The second-order valence-electron chi connectivity index (χ2n) is 9.16. The van der Waals surface area contributed by atoms with Gasteiger partial charge < -0.3 is 25.4 Å². The number of rotatable bonds is 8. The molecule has 2 atom stereocenters. The first-order chi connectivity index (χ1) is 17.0. The van der Waals surface area contributed by atoms with Gasteiger partial charge in [0.2, 0.25) is 5.91 Å². The van der Waals surface area contributed by atoms with Gasteiger partial charge in [-0.25, -0.2) is 9.97 Å². The van der Waals surface area contributed by atoms with Crippen LogP contribution in [-0.2, 0) is 24.1 Å². The van der Waals surface area contributed by atoms with Crippen LogP contribution in [0.25, 0.3) is 11.0 Å². The summed E-state index contributed by atoms with van der Waals surface area (Å²) in [5.41, 5.74) is 4.39. The van der Waals surface area contributed by atoms with Gasteiger partial charge in [-0.05, 0) is 37.1 Å². The van der Waals surface area contributed by atoms with Gasteiger partial charge in [-0.15, -0.1) is 0 Å². The molecule has 0 spiro atoms. The molecule has 2 aromatic heterocycles. The van der Waals surface area contributed by atoms with Gasteiger partial charge in [0.1, 0.15) is 23.4 Å². The second kappa shape index (κ2) is 10.0. The number of hydrogen-bond acceptors (Lipinski definition) is 7. The Labute approximate surface area is 206 Å². The average Bonchev–Trinajstić information content (AvgIpc) is 3.22. The molecule has 3 heterocycles. The molecule has 4 N–H and O–H groups in total. The summed E-state index contributed by atoms with van der Waals surface area (Å²) in [5, 5.41) is 22.5. The van der Waals surface area contributed by atoms with Gasteiger partial charge in [0, 0.05) is 32.4 Å². The molecule has 4 rings (SSSR count). The number of aliphatic hydroxyl groups excluding tert-OH is 1. The SMILES string of the molecule is CCN(Cc1ccc(C(F)(F)F)cc1)c1ncnc2c1ccn2C[C@]1(O)CCN(CC(N)=O)C[C@H]1O. The standard InChI is InChI=1S/C24H29F3N6O3/c1-2-32(11-16-3-5-17(6-4-16)24(25,26)27)21-18-7-9-33(22(18)30-15-29-21)14-23(36)8-10-31(12-19(23)34)13-20(28)35/h3-7,9,15,19,34,36H,2,8,10-14H2,1H3,(H2,28,35)/t19-,23-/m1/s1. The van der Waals surface area contributed by atoms with Crippen molar-refractivity contribution in [3.05, 3.63) is 54.0 Å². The lowest BCUT2D eigenvalue weighted by Gasteiger charge is -2.42. The second-order valence-corrected chi connectivity index (χ2v) is 9.16. The minimum atomic E-state index is -4.39. The van der Waals surface area contributed by atoms with E-state index in [1.54, 1.807) is 15.7 Å². The molecule has 1 fully saturated rings. The third-order valence-electron chi connectivity index (χ3n) is 6.61. The van der Waals surface area contributed by atoms with Crippen LogP contribution in [0.2, 0.25) is 0 Å². The molecule has 0 aliphatic carbocycles. The Kier molecular flexibility index (Phi) is 7.21. The number of β-amino-alcohol motifs (C(OH)–C–C–N with tert-alkyl or cyclic N) is 1. The smallest absolute Gasteiger partial charge is 0.389 e. The highest BCUT2D eigenvalue weighted by molar-refractivity contribution is 5.87. The van der Waals surface area contributed by atoms with Crippen molar-refractivity contribution in [3.63, 3.8) is 0 Å². The molecule has 0 unspecified atom stereocenters. The highest BCUT2D eigenvalue weighted by Gasteiger charge is 2.41. The zero-order valence-electron chi connectivity index (χ0n) is 19.8. The van der Waals surface area contributed by atoms with Crippen LogP contribution in [0.1, 0.15) is 24.5 Å². The van der Waals surface area contributed by atoms with E-state index in [2.05, 4.69) is 9.97 Å². The predicted molar refractivity (Wildman–Crippen MR) is 127 cm³/mol. The van der Waals surface area contributed by atoms with E-state index in [1.165, 1.54) is 18.5 Å². The molecule has 0 bridgehead atoms. The molecule has 1 saturated heterocycles. The van der Waals surface area contributed by atoms with Crippen molar-refractivity contribution in [2.75, 3.05) is 31.1 Å². The summed E-state index contributed by atoms with van der Waals surface area (Å²) in [6, 6.07) is 6.86. The van der Waals surface area contributed by atoms with Gasteiger partial charge in [0.05, 0.1) is 30.1 Å². The van der Waals surface area contributed by atoms with Crippen molar-refractivity contribution in [1.82, 2.24) is 19.4 Å². The van der Waals surface area contributed by atoms with Gasteiger partial charge in [-0.3, -0.25) is 9.69 Å². The fraction of sp³-hybridized carbons (Fsp3) is 0.458. The molecular formula is C24H29F3N6O3. The van der Waals surface area contributed by atoms with Crippen molar-refractivity contribution >= 4 is 22.8 Å². The Morgan fingerprint density at radius 3 is 2.58 bits per heavy atom. The molecule has 9 nitrogen and oxygen atoms in total. The van der Waals surface area contributed by atoms with Gasteiger partial charge in [0.25, 0.3) is 0 Å². The van der Waals surface area contributed by atoms with Crippen molar-refractivity contribution in [1.29, 1.82) is 0 Å². The number of alkyl halides is 3. The topological polar surface area (TPSA) is 121 Å². The first-order valence-corrected chi connectivity index (χ1v) is 11.6. The van der Waals surface area contributed by atoms with E-state index in [-0.39, 0.29) is 26.1 Å². The van der Waals surface area contributed by atoms with Gasteiger partial charge >= 0.3 is 6.18 Å². The third kappa shape index (κ3) is 5.45. The fourth-order valence-electron chi connectivity index (χ4n) is 4.59. The van der Waals surface area contributed by atoms with Crippen LogP contribution in [0.4, 0.5) is 19.0 Å². The van der Waals surface area contributed by atoms with Crippen molar-refractivity contribution in [2.45, 2.75) is 44.3 Å². The fourth-order valence-corrected chi connectivity index (χ4v) is 4.59. The number of benzene rings is 1. The number of carbonyl (C=O) groups is 1. The molecule has 0 saturated carbocycles. The van der Waals surface area contributed by atoms with Gasteiger partial charge in [-0.1, -0.05) is 12.1 Å². The third-order valence-corrected chi connectivity index (χ3v) is 6.61. The maximum atomic E-state index is 12.9. The summed E-state index contributed by atoms with van der Waals surface area (Å²) in [7, 11) is 0. The van der Waals surface area contributed by atoms with Crippen LogP contribution in [0, 0.1) is 0 Å². The maximum absolute atomic E-state index is 12.9. The maximum Gasteiger partial charge on any atom is 0.416 e. The summed E-state index contributed by atoms with van der Waals surface area (Å²) in [6.45, 7) is 3.46. The van der Waals surface area contributed by atoms with Crippen molar-refractivity contribution < 1.29 is 28.2 Å². The molecule has 1 aliphatic heterocycles. The normalized spacial score (nSPS) is 21.1. The lowest BCUT2D eigenvalue weighted by Crippen LogP contribution is -2.58. The van der Waals surface area contributed by atoms with E-state index in [4.69, 9.17) is 5.73 Å². The quantitative estimate of drug-likeness (QED) is 0.426. The van der Waals surface area contributed by atoms with Crippen LogP contribution in [0.3, 0.4) is 0 Å². The summed E-state index contributed by atoms with van der Waals surface area (Å²) in [5.74, 6) is 0.120. The van der Waals surface area contributed by atoms with Gasteiger partial charge in [0.15, 0.2) is 0 Å². The number of hydrogen-bond donors (Lipinski definition) is 3. The number of aromatic nitrogens is 3. The van der Waals surface area contributed by atoms with E-state index < -0.39 is 29.4 Å². The minimum Gasteiger partial charge on any atom is -0.389 e. The summed E-state index contributed by atoms with van der Waals surface area (Å²) >= 11 is 0. The van der Waals surface area contributed by atoms with Crippen LogP contribution >= 0.6 is 0 Å². The molecule has 1 amide bonds. The molecule has 1 aliphatic rings. The lowest BCUT2D eigenvalue weighted by atomic mass is 9.88. The number of nitrogens with zero attached hydrogens (tertiary/aromatic N) is 5. The number of halogens is 3. The van der Waals surface area contributed by atoms with Crippen LogP contribution in [0.15, 0.2) is 42.9 Å². The van der Waals surface area contributed by atoms with Crippen LogP contribution in [0.5, 0.6) is 0 Å². The number of anilines is 1. The summed E-state index contributed by atoms with van der Waals surface area (Å²) < 4.78 is 40.4. The largest absolute Gasteiger partial charge is 0.416 e. The number of amides is 1. The first-order valence-electron chi connectivity index (χ1n) is 11.6. The lowest BCUT2D eigenvalue weighted by molar-refractivity contribution is -0.137. The van der Waals surface area contributed by atoms with E-state index in [0.29, 0.717) is 36.7 Å². The number of carbonyl (C=O) groups excluding carboxylic acids is 1. The Bertz CT molecular complexity index is 1220. The Morgan fingerprint density at radius 1 is 1.25 bits per heavy atom. The summed E-state index contributed by atoms with van der Waals surface area (Å²) in [6.07, 6.45) is -2.07. The number of fused-ring (bicyclic) bond motifs is 1. The molecular weight excluding hydrogens is 477 g/mol. The zero-order valence-corrected chi connectivity index (χ0v) is 19.8. The highest BCUT2D eigenvalue weighted by atomic mass is 19.4. The summed E-state index contributed by atoms with van der Waals surface area (Å²) in [4.78, 5) is 23.6. The molecule has 3 aromatic rings. The molecule has 1 aromatic carbocycles. The number of likely N-dealkylation sites (tertiary alicyclic amines) is 1. The van der Waals surface area contributed by atoms with E-state index in [0.717, 1.165) is 17.5 Å². The van der Waals surface area contributed by atoms with Crippen LogP contribution in [-0.4, -0.2) is 73.4 Å². The zero-order chi connectivity index (χ0) is 26.1. The number of primary amides is 1. The average molecular weight is 507 g/mol.